The molecule has 2 heterocycles. The summed E-state index contributed by atoms with van der Waals surface area (Å²) in [4.78, 5) is 16.0. The van der Waals surface area contributed by atoms with Gasteiger partial charge in [-0.15, -0.1) is 0 Å². The van der Waals surface area contributed by atoms with E-state index in [2.05, 4.69) is 21.7 Å². The number of nitrogens with one attached hydrogen (secondary N) is 2. The molecule has 2 N–H and O–H groups in total. The van der Waals surface area contributed by atoms with Crippen LogP contribution in [0.5, 0.6) is 11.6 Å². The molecule has 1 atom stereocenters. The minimum Gasteiger partial charge on any atom is -0.439 e. The van der Waals surface area contributed by atoms with Crippen molar-refractivity contribution in [2.75, 3.05) is 6.54 Å². The summed E-state index contributed by atoms with van der Waals surface area (Å²) in [6.45, 7) is 0.910. The van der Waals surface area contributed by atoms with Gasteiger partial charge in [0.25, 0.3) is 0 Å². The molecule has 1 aromatic carbocycles. The van der Waals surface area contributed by atoms with Gasteiger partial charge in [-0.05, 0) is 68.8 Å². The maximum atomic E-state index is 12.7. The van der Waals surface area contributed by atoms with E-state index in [1.807, 2.05) is 18.2 Å². The first-order chi connectivity index (χ1) is 15.4. The van der Waals surface area contributed by atoms with Crippen LogP contribution in [-0.4, -0.2) is 29.5 Å². The molecule has 170 valence electrons. The smallest absolute Gasteiger partial charge is 0.417 e. The van der Waals surface area contributed by atoms with Crippen LogP contribution < -0.4 is 15.4 Å². The molecule has 2 aliphatic rings. The van der Waals surface area contributed by atoms with Gasteiger partial charge in [0.05, 0.1) is 11.6 Å². The average molecular weight is 445 g/mol. The van der Waals surface area contributed by atoms with Crippen LogP contribution in [-0.2, 0) is 11.0 Å². The lowest BCUT2D eigenvalue weighted by molar-refractivity contribution is -0.137. The summed E-state index contributed by atoms with van der Waals surface area (Å²) in [5, 5.41) is 6.40. The highest BCUT2D eigenvalue weighted by Gasteiger charge is 2.30. The second-order valence-corrected chi connectivity index (χ2v) is 8.29. The van der Waals surface area contributed by atoms with E-state index in [0.717, 1.165) is 62.9 Å². The van der Waals surface area contributed by atoms with E-state index in [0.29, 0.717) is 5.75 Å². The van der Waals surface area contributed by atoms with Gasteiger partial charge in [0, 0.05) is 18.3 Å². The Morgan fingerprint density at radius 1 is 1.16 bits per heavy atom. The monoisotopic (exact) mass is 445 g/mol. The lowest BCUT2D eigenvalue weighted by Gasteiger charge is -2.26. The lowest BCUT2D eigenvalue weighted by atomic mass is 9.89. The first-order valence-electron chi connectivity index (χ1n) is 10.9. The Kier molecular flexibility index (Phi) is 6.79. The van der Waals surface area contributed by atoms with Crippen molar-refractivity contribution in [3.05, 3.63) is 59.3 Å². The number of benzene rings is 1. The van der Waals surface area contributed by atoms with E-state index in [1.54, 1.807) is 6.07 Å². The number of alkyl halides is 3. The lowest BCUT2D eigenvalue weighted by Crippen LogP contribution is -2.45. The number of hydrogen-bond acceptors (Lipinski definition) is 4. The summed E-state index contributed by atoms with van der Waals surface area (Å²) in [7, 11) is 0. The van der Waals surface area contributed by atoms with E-state index >= 15 is 0 Å². The van der Waals surface area contributed by atoms with Crippen molar-refractivity contribution in [1.82, 2.24) is 15.6 Å². The number of amides is 1. The number of pyridine rings is 1. The normalized spacial score (nSPS) is 21.3. The number of hydrogen-bond donors (Lipinski definition) is 2. The maximum absolute atomic E-state index is 12.7. The molecule has 0 spiro atoms. The topological polar surface area (TPSA) is 63.2 Å². The van der Waals surface area contributed by atoms with Crippen LogP contribution in [0.3, 0.4) is 0 Å². The van der Waals surface area contributed by atoms with Gasteiger partial charge < -0.3 is 15.4 Å². The van der Waals surface area contributed by atoms with Crippen molar-refractivity contribution in [3.63, 3.8) is 0 Å². The summed E-state index contributed by atoms with van der Waals surface area (Å²) >= 11 is 0. The Hall–Kier alpha value is -2.87. The zero-order valence-electron chi connectivity index (χ0n) is 17.6. The highest BCUT2D eigenvalue weighted by Crippen LogP contribution is 2.31. The van der Waals surface area contributed by atoms with Gasteiger partial charge in [0.15, 0.2) is 0 Å². The minimum atomic E-state index is -4.42. The van der Waals surface area contributed by atoms with Gasteiger partial charge >= 0.3 is 6.18 Å². The molecule has 1 aliphatic heterocycles. The van der Waals surface area contributed by atoms with Crippen molar-refractivity contribution in [2.45, 2.75) is 56.8 Å². The largest absolute Gasteiger partial charge is 0.439 e. The van der Waals surface area contributed by atoms with Gasteiger partial charge in [0.2, 0.25) is 11.8 Å². The van der Waals surface area contributed by atoms with Crippen LogP contribution >= 0.6 is 0 Å². The Morgan fingerprint density at radius 3 is 2.62 bits per heavy atom. The van der Waals surface area contributed by atoms with Gasteiger partial charge in [0.1, 0.15) is 5.75 Å². The van der Waals surface area contributed by atoms with Crippen LogP contribution in [0, 0.1) is 0 Å². The standard InChI is InChI=1S/C24H26F3N3O2/c25-24(26,27)18-8-11-22(29-15-18)32-20-4-1-3-17(14-20)13-16-6-9-19(10-7-16)30-23(31)21-5-2-12-28-21/h1,3-4,8,11,13-15,19,21,28H,2,5-7,9-10,12H2,(H,30,31). The molecule has 1 amide bonds. The molecule has 0 radical (unpaired) electrons. The predicted octanol–water partition coefficient (Wildman–Crippen LogP) is 5.09. The van der Waals surface area contributed by atoms with Crippen LogP contribution in [0.4, 0.5) is 13.2 Å². The van der Waals surface area contributed by atoms with Crippen LogP contribution in [0.1, 0.15) is 49.7 Å². The summed E-state index contributed by atoms with van der Waals surface area (Å²) in [6.07, 6.45) is 4.06. The summed E-state index contributed by atoms with van der Waals surface area (Å²) in [5.74, 6) is 0.731. The molecule has 1 aliphatic carbocycles. The molecule has 32 heavy (non-hydrogen) atoms. The molecule has 1 unspecified atom stereocenters. The number of carbonyl (C=O) groups is 1. The molecule has 4 rings (SSSR count). The Bertz CT molecular complexity index is 957. The molecule has 2 fully saturated rings. The Balaban J connectivity index is 1.32. The van der Waals surface area contributed by atoms with Crippen LogP contribution in [0.2, 0.25) is 0 Å². The van der Waals surface area contributed by atoms with Gasteiger partial charge in [-0.1, -0.05) is 23.8 Å². The summed E-state index contributed by atoms with van der Waals surface area (Å²) < 4.78 is 43.6. The van der Waals surface area contributed by atoms with E-state index in [9.17, 15) is 18.0 Å². The molecule has 1 saturated heterocycles. The highest BCUT2D eigenvalue weighted by atomic mass is 19.4. The number of aromatic nitrogens is 1. The molecular weight excluding hydrogens is 419 g/mol. The van der Waals surface area contributed by atoms with Crippen molar-refractivity contribution in [3.8, 4) is 11.6 Å². The minimum absolute atomic E-state index is 0.0474. The second kappa shape index (κ2) is 9.73. The number of ether oxygens (including phenoxy) is 1. The fourth-order valence-electron chi connectivity index (χ4n) is 4.12. The molecule has 1 aromatic heterocycles. The maximum Gasteiger partial charge on any atom is 0.417 e. The van der Waals surface area contributed by atoms with E-state index in [-0.39, 0.29) is 23.9 Å². The average Bonchev–Trinajstić information content (AvgIpc) is 3.30. The number of carbonyl (C=O) groups excluding carboxylic acids is 1. The predicted molar refractivity (Wildman–Crippen MR) is 115 cm³/mol. The number of rotatable bonds is 5. The Morgan fingerprint density at radius 2 is 1.97 bits per heavy atom. The van der Waals surface area contributed by atoms with Crippen molar-refractivity contribution < 1.29 is 22.7 Å². The molecule has 1 saturated carbocycles. The number of halogens is 3. The van der Waals surface area contributed by atoms with Gasteiger partial charge in [-0.2, -0.15) is 13.2 Å². The van der Waals surface area contributed by atoms with E-state index in [4.69, 9.17) is 4.74 Å². The zero-order valence-corrected chi connectivity index (χ0v) is 17.6. The third-order valence-corrected chi connectivity index (χ3v) is 5.87. The van der Waals surface area contributed by atoms with Gasteiger partial charge in [-0.3, -0.25) is 4.79 Å². The third-order valence-electron chi connectivity index (χ3n) is 5.87. The third kappa shape index (κ3) is 5.88. The van der Waals surface area contributed by atoms with Crippen molar-refractivity contribution in [2.24, 2.45) is 0 Å². The van der Waals surface area contributed by atoms with Crippen LogP contribution in [0.25, 0.3) is 6.08 Å². The molecule has 5 nitrogen and oxygen atoms in total. The first-order valence-corrected chi connectivity index (χ1v) is 10.9. The molecule has 2 aromatic rings. The van der Waals surface area contributed by atoms with Gasteiger partial charge in [-0.25, -0.2) is 4.98 Å². The summed E-state index contributed by atoms with van der Waals surface area (Å²) in [5.41, 5.74) is 1.45. The van der Waals surface area contributed by atoms with E-state index < -0.39 is 11.7 Å². The first kappa shape index (κ1) is 22.3. The SMILES string of the molecule is O=C(NC1CCC(=Cc2cccc(Oc3ccc(C(F)(F)F)cn3)c2)CC1)C1CCCN1. The molecular formula is C24H26F3N3O2. The number of allylic oxidation sites excluding steroid dienone is 1. The molecule has 8 heteroatoms. The molecule has 0 bridgehead atoms. The quantitative estimate of drug-likeness (QED) is 0.673. The zero-order chi connectivity index (χ0) is 22.6. The number of nitrogens with zero attached hydrogens (tertiary/aromatic N) is 1. The van der Waals surface area contributed by atoms with Crippen molar-refractivity contribution >= 4 is 12.0 Å². The Labute approximate surface area is 185 Å². The highest BCUT2D eigenvalue weighted by molar-refractivity contribution is 5.82. The van der Waals surface area contributed by atoms with Crippen LogP contribution in [0.15, 0.2) is 48.2 Å². The fourth-order valence-corrected chi connectivity index (χ4v) is 4.12. The fraction of sp³-hybridized carbons (Fsp3) is 0.417. The summed E-state index contributed by atoms with van der Waals surface area (Å²) in [6, 6.07) is 9.71. The second-order valence-electron chi connectivity index (χ2n) is 8.29. The van der Waals surface area contributed by atoms with E-state index in [1.165, 1.54) is 11.6 Å². The van der Waals surface area contributed by atoms with Crippen molar-refractivity contribution in [1.29, 1.82) is 0 Å².